The second kappa shape index (κ2) is 5.07. The number of hydrogen-bond acceptors (Lipinski definition) is 5. The van der Waals surface area contributed by atoms with Gasteiger partial charge in [0.25, 0.3) is 0 Å². The van der Waals surface area contributed by atoms with Gasteiger partial charge in [-0.1, -0.05) is 6.92 Å². The zero-order chi connectivity index (χ0) is 14.1. The van der Waals surface area contributed by atoms with Gasteiger partial charge >= 0.3 is 0 Å². The van der Waals surface area contributed by atoms with E-state index in [4.69, 9.17) is 0 Å². The Morgan fingerprint density at radius 3 is 2.70 bits per heavy atom. The first-order valence-corrected chi connectivity index (χ1v) is 6.86. The van der Waals surface area contributed by atoms with E-state index in [2.05, 4.69) is 20.0 Å². The molecule has 7 heteroatoms. The van der Waals surface area contributed by atoms with Crippen molar-refractivity contribution >= 4 is 22.8 Å². The minimum Gasteiger partial charge on any atom is -0.352 e. The molecule has 0 atom stereocenters. The molecule has 106 valence electrons. The summed E-state index contributed by atoms with van der Waals surface area (Å²) >= 11 is 0. The molecule has 0 saturated carbocycles. The van der Waals surface area contributed by atoms with Gasteiger partial charge in [0, 0.05) is 39.6 Å². The number of aromatic nitrogens is 4. The first-order valence-electron chi connectivity index (χ1n) is 6.86. The van der Waals surface area contributed by atoms with Crippen LogP contribution < -0.4 is 4.90 Å². The molecule has 1 saturated heterocycles. The van der Waals surface area contributed by atoms with Crippen molar-refractivity contribution in [2.75, 3.05) is 31.1 Å². The fourth-order valence-corrected chi connectivity index (χ4v) is 2.59. The van der Waals surface area contributed by atoms with Crippen LogP contribution in [0.15, 0.2) is 12.5 Å². The molecule has 7 nitrogen and oxygen atoms in total. The van der Waals surface area contributed by atoms with Crippen LogP contribution in [0.25, 0.3) is 11.0 Å². The fourth-order valence-electron chi connectivity index (χ4n) is 2.59. The molecule has 3 heterocycles. The van der Waals surface area contributed by atoms with Gasteiger partial charge < -0.3 is 9.80 Å². The summed E-state index contributed by atoms with van der Waals surface area (Å²) in [5.74, 6) is 1.13. The van der Waals surface area contributed by atoms with Gasteiger partial charge in [-0.15, -0.1) is 0 Å². The first kappa shape index (κ1) is 12.8. The topological polar surface area (TPSA) is 67.2 Å². The van der Waals surface area contributed by atoms with Crippen LogP contribution in [0.2, 0.25) is 0 Å². The van der Waals surface area contributed by atoms with Crippen LogP contribution in [-0.2, 0) is 11.8 Å². The summed E-state index contributed by atoms with van der Waals surface area (Å²) in [6.07, 6.45) is 3.94. The monoisotopic (exact) mass is 274 g/mol. The number of carbonyl (C=O) groups is 1. The van der Waals surface area contributed by atoms with E-state index in [9.17, 15) is 4.79 Å². The maximum atomic E-state index is 11.7. The van der Waals surface area contributed by atoms with Gasteiger partial charge in [-0.3, -0.25) is 9.48 Å². The summed E-state index contributed by atoms with van der Waals surface area (Å²) in [7, 11) is 1.87. The third kappa shape index (κ3) is 2.09. The quantitative estimate of drug-likeness (QED) is 0.794. The van der Waals surface area contributed by atoms with Crippen LogP contribution in [0.1, 0.15) is 13.3 Å². The lowest BCUT2D eigenvalue weighted by atomic mass is 10.2. The van der Waals surface area contributed by atoms with Crippen LogP contribution >= 0.6 is 0 Å². The molecule has 1 fully saturated rings. The first-order chi connectivity index (χ1) is 9.70. The summed E-state index contributed by atoms with van der Waals surface area (Å²) in [4.78, 5) is 24.5. The van der Waals surface area contributed by atoms with Gasteiger partial charge in [0.1, 0.15) is 12.1 Å². The Kier molecular flexibility index (Phi) is 3.25. The van der Waals surface area contributed by atoms with Crippen LogP contribution in [-0.4, -0.2) is 56.7 Å². The third-order valence-corrected chi connectivity index (χ3v) is 3.74. The molecule has 0 aliphatic carbocycles. The highest BCUT2D eigenvalue weighted by atomic mass is 16.2. The highest BCUT2D eigenvalue weighted by molar-refractivity contribution is 5.86. The van der Waals surface area contributed by atoms with Crippen molar-refractivity contribution in [2.24, 2.45) is 7.05 Å². The lowest BCUT2D eigenvalue weighted by Crippen LogP contribution is -2.48. The Balaban J connectivity index is 1.82. The van der Waals surface area contributed by atoms with Gasteiger partial charge in [-0.05, 0) is 0 Å². The molecule has 0 aromatic carbocycles. The summed E-state index contributed by atoms with van der Waals surface area (Å²) in [6.45, 7) is 4.99. The molecule has 20 heavy (non-hydrogen) atoms. The predicted octanol–water partition coefficient (Wildman–Crippen LogP) is 0.422. The molecule has 0 unspecified atom stereocenters. The van der Waals surface area contributed by atoms with Gasteiger partial charge in [-0.2, -0.15) is 5.10 Å². The summed E-state index contributed by atoms with van der Waals surface area (Å²) in [5, 5.41) is 5.19. The largest absolute Gasteiger partial charge is 0.352 e. The van der Waals surface area contributed by atoms with Gasteiger partial charge in [-0.25, -0.2) is 9.97 Å². The molecule has 0 bridgehead atoms. The van der Waals surface area contributed by atoms with Crippen molar-refractivity contribution in [3.05, 3.63) is 12.5 Å². The molecule has 1 amide bonds. The highest BCUT2D eigenvalue weighted by Gasteiger charge is 2.22. The molecular formula is C13H18N6O. The average Bonchev–Trinajstić information content (AvgIpc) is 2.88. The summed E-state index contributed by atoms with van der Waals surface area (Å²) < 4.78 is 1.75. The minimum absolute atomic E-state index is 0.221. The van der Waals surface area contributed by atoms with Crippen molar-refractivity contribution in [1.82, 2.24) is 24.6 Å². The molecule has 0 radical (unpaired) electrons. The van der Waals surface area contributed by atoms with Gasteiger partial charge in [0.15, 0.2) is 5.65 Å². The number of amides is 1. The number of carbonyl (C=O) groups excluding carboxylic acids is 1. The Morgan fingerprint density at radius 2 is 2.00 bits per heavy atom. The lowest BCUT2D eigenvalue weighted by Gasteiger charge is -2.35. The van der Waals surface area contributed by atoms with E-state index >= 15 is 0 Å². The smallest absolute Gasteiger partial charge is 0.222 e. The maximum Gasteiger partial charge on any atom is 0.222 e. The van der Waals surface area contributed by atoms with Crippen molar-refractivity contribution in [1.29, 1.82) is 0 Å². The molecule has 1 aliphatic heterocycles. The Morgan fingerprint density at radius 1 is 1.25 bits per heavy atom. The van der Waals surface area contributed by atoms with E-state index in [1.165, 1.54) is 0 Å². The Hall–Kier alpha value is -2.18. The van der Waals surface area contributed by atoms with Crippen LogP contribution in [0.4, 0.5) is 5.82 Å². The second-order valence-electron chi connectivity index (χ2n) is 4.92. The Labute approximate surface area is 117 Å². The molecular weight excluding hydrogens is 256 g/mol. The summed E-state index contributed by atoms with van der Waals surface area (Å²) in [5.41, 5.74) is 0.835. The Bertz CT molecular complexity index is 629. The number of aryl methyl sites for hydroxylation is 1. The van der Waals surface area contributed by atoms with E-state index in [1.807, 2.05) is 18.9 Å². The third-order valence-electron chi connectivity index (χ3n) is 3.74. The second-order valence-corrected chi connectivity index (χ2v) is 4.92. The lowest BCUT2D eigenvalue weighted by molar-refractivity contribution is -0.131. The highest BCUT2D eigenvalue weighted by Crippen LogP contribution is 2.23. The molecule has 2 aromatic heterocycles. The molecule has 2 aromatic rings. The number of anilines is 1. The molecule has 0 spiro atoms. The van der Waals surface area contributed by atoms with E-state index in [0.717, 1.165) is 43.0 Å². The number of fused-ring (bicyclic) bond motifs is 1. The van der Waals surface area contributed by atoms with Crippen molar-refractivity contribution in [2.45, 2.75) is 13.3 Å². The van der Waals surface area contributed by atoms with Crippen LogP contribution in [0, 0.1) is 0 Å². The molecule has 0 N–H and O–H groups in total. The minimum atomic E-state index is 0.221. The van der Waals surface area contributed by atoms with Crippen molar-refractivity contribution in [3.8, 4) is 0 Å². The normalized spacial score (nSPS) is 15.9. The maximum absolute atomic E-state index is 11.7. The summed E-state index contributed by atoms with van der Waals surface area (Å²) in [6, 6.07) is 0. The van der Waals surface area contributed by atoms with Gasteiger partial charge in [0.05, 0.1) is 11.6 Å². The zero-order valence-electron chi connectivity index (χ0n) is 11.8. The van der Waals surface area contributed by atoms with E-state index in [-0.39, 0.29) is 5.91 Å². The van der Waals surface area contributed by atoms with Crippen LogP contribution in [0.3, 0.4) is 0 Å². The number of rotatable bonds is 2. The van der Waals surface area contributed by atoms with E-state index in [0.29, 0.717) is 6.42 Å². The zero-order valence-corrected chi connectivity index (χ0v) is 11.8. The standard InChI is InChI=1S/C13H18N6O/c1-3-11(20)18-4-6-19(7-5-18)13-10-8-16-17(2)12(10)14-9-15-13/h8-9H,3-7H2,1-2H3. The van der Waals surface area contributed by atoms with E-state index < -0.39 is 0 Å². The molecule has 3 rings (SSSR count). The number of piperazine rings is 1. The molecule has 1 aliphatic rings. The van der Waals surface area contributed by atoms with E-state index in [1.54, 1.807) is 17.2 Å². The fraction of sp³-hybridized carbons (Fsp3) is 0.538. The average molecular weight is 274 g/mol. The number of hydrogen-bond donors (Lipinski definition) is 0. The SMILES string of the molecule is CCC(=O)N1CCN(c2ncnc3c2cnn3C)CC1. The van der Waals surface area contributed by atoms with Crippen LogP contribution in [0.5, 0.6) is 0 Å². The van der Waals surface area contributed by atoms with Gasteiger partial charge in [0.2, 0.25) is 5.91 Å². The number of nitrogens with zero attached hydrogens (tertiary/aromatic N) is 6. The van der Waals surface area contributed by atoms with Crippen molar-refractivity contribution in [3.63, 3.8) is 0 Å². The predicted molar refractivity (Wildman–Crippen MR) is 75.4 cm³/mol. The van der Waals surface area contributed by atoms with Crippen molar-refractivity contribution < 1.29 is 4.79 Å².